The van der Waals surface area contributed by atoms with E-state index in [0.717, 1.165) is 0 Å². The number of amides is 1. The summed E-state index contributed by atoms with van der Waals surface area (Å²) in [6.45, 7) is 6.54. The molecule has 0 saturated heterocycles. The average molecular weight is 356 g/mol. The molecule has 1 atom stereocenters. The summed E-state index contributed by atoms with van der Waals surface area (Å²) in [5.41, 5.74) is 1.24. The first-order valence-electron chi connectivity index (χ1n) is 8.54. The number of non-ortho nitro benzene ring substituents is 1. The topological polar surface area (TPSA) is 72.7 Å². The van der Waals surface area contributed by atoms with E-state index in [1.165, 1.54) is 12.1 Å². The predicted molar refractivity (Wildman–Crippen MR) is 100 cm³/mol. The molecule has 6 heteroatoms. The number of rotatable bonds is 7. The fourth-order valence-electron chi connectivity index (χ4n) is 2.48. The fraction of sp³-hybridized carbons (Fsp3) is 0.350. The molecule has 0 aliphatic heterocycles. The fourth-order valence-corrected chi connectivity index (χ4v) is 2.48. The molecular weight excluding hydrogens is 332 g/mol. The first-order chi connectivity index (χ1) is 12.3. The second kappa shape index (κ2) is 8.47. The average Bonchev–Trinajstić information content (AvgIpc) is 2.64. The minimum Gasteiger partial charge on any atom is -0.493 e. The van der Waals surface area contributed by atoms with E-state index in [2.05, 4.69) is 13.8 Å². The van der Waals surface area contributed by atoms with E-state index < -0.39 is 4.92 Å². The lowest BCUT2D eigenvalue weighted by Crippen LogP contribution is -2.29. The molecule has 0 saturated carbocycles. The maximum absolute atomic E-state index is 12.8. The Labute approximate surface area is 153 Å². The van der Waals surface area contributed by atoms with Crippen molar-refractivity contribution in [2.45, 2.75) is 26.8 Å². The number of hydrogen-bond acceptors (Lipinski definition) is 4. The molecule has 0 aromatic heterocycles. The van der Waals surface area contributed by atoms with Crippen LogP contribution in [0.15, 0.2) is 48.5 Å². The molecule has 6 nitrogen and oxygen atoms in total. The minimum atomic E-state index is -0.437. The standard InChI is InChI=1S/C20H24N2O4/c1-14(2)13-26-19-10-6-8-17(12-19)20(23)21(4)15(3)16-7-5-9-18(11-16)22(24)25/h5-12,14-15H,13H2,1-4H3/t15-/m0/s1. The number of nitro groups is 1. The molecule has 138 valence electrons. The van der Waals surface area contributed by atoms with Crippen LogP contribution in [0.4, 0.5) is 5.69 Å². The van der Waals surface area contributed by atoms with Crippen molar-refractivity contribution in [2.24, 2.45) is 5.92 Å². The molecule has 26 heavy (non-hydrogen) atoms. The molecule has 0 aliphatic rings. The van der Waals surface area contributed by atoms with E-state index in [4.69, 9.17) is 4.74 Å². The van der Waals surface area contributed by atoms with Crippen molar-refractivity contribution >= 4 is 11.6 Å². The molecule has 1 amide bonds. The molecule has 2 aromatic carbocycles. The highest BCUT2D eigenvalue weighted by Crippen LogP contribution is 2.25. The van der Waals surface area contributed by atoms with Crippen molar-refractivity contribution in [3.05, 3.63) is 69.8 Å². The molecule has 0 aliphatic carbocycles. The monoisotopic (exact) mass is 356 g/mol. The van der Waals surface area contributed by atoms with Gasteiger partial charge in [0.1, 0.15) is 5.75 Å². The van der Waals surface area contributed by atoms with Crippen LogP contribution in [0.1, 0.15) is 42.7 Å². The van der Waals surface area contributed by atoms with Crippen LogP contribution in [-0.2, 0) is 0 Å². The summed E-state index contributed by atoms with van der Waals surface area (Å²) in [5.74, 6) is 0.880. The van der Waals surface area contributed by atoms with Crippen LogP contribution < -0.4 is 4.74 Å². The van der Waals surface area contributed by atoms with Gasteiger partial charge in [-0.1, -0.05) is 32.0 Å². The molecule has 0 unspecified atom stereocenters. The number of nitro benzene ring substituents is 1. The smallest absolute Gasteiger partial charge is 0.269 e. The van der Waals surface area contributed by atoms with E-state index >= 15 is 0 Å². The summed E-state index contributed by atoms with van der Waals surface area (Å²) in [7, 11) is 1.69. The number of ether oxygens (including phenoxy) is 1. The van der Waals surface area contributed by atoms with Crippen molar-refractivity contribution < 1.29 is 14.5 Å². The van der Waals surface area contributed by atoms with Crippen molar-refractivity contribution in [3.8, 4) is 5.75 Å². The largest absolute Gasteiger partial charge is 0.493 e. The van der Waals surface area contributed by atoms with Gasteiger partial charge >= 0.3 is 0 Å². The summed E-state index contributed by atoms with van der Waals surface area (Å²) >= 11 is 0. The molecule has 0 fully saturated rings. The zero-order valence-electron chi connectivity index (χ0n) is 15.5. The summed E-state index contributed by atoms with van der Waals surface area (Å²) in [5, 5.41) is 11.0. The third kappa shape index (κ3) is 4.81. The SMILES string of the molecule is CC(C)COc1cccc(C(=O)N(C)[C@@H](C)c2cccc([N+](=O)[O-])c2)c1. The van der Waals surface area contributed by atoms with Gasteiger partial charge in [-0.3, -0.25) is 14.9 Å². The lowest BCUT2D eigenvalue weighted by Gasteiger charge is -2.25. The summed E-state index contributed by atoms with van der Waals surface area (Å²) in [6, 6.07) is 13.1. The maximum Gasteiger partial charge on any atom is 0.269 e. The summed E-state index contributed by atoms with van der Waals surface area (Å²) < 4.78 is 5.68. The normalized spacial score (nSPS) is 11.9. The van der Waals surface area contributed by atoms with Crippen LogP contribution in [0.2, 0.25) is 0 Å². The van der Waals surface area contributed by atoms with E-state index in [1.807, 2.05) is 13.0 Å². The van der Waals surface area contributed by atoms with Crippen LogP contribution in [-0.4, -0.2) is 29.4 Å². The van der Waals surface area contributed by atoms with Crippen LogP contribution in [0, 0.1) is 16.0 Å². The van der Waals surface area contributed by atoms with E-state index in [0.29, 0.717) is 29.4 Å². The third-order valence-electron chi connectivity index (χ3n) is 4.13. The molecule has 0 radical (unpaired) electrons. The van der Waals surface area contributed by atoms with Gasteiger partial charge in [0.15, 0.2) is 0 Å². The number of hydrogen-bond donors (Lipinski definition) is 0. The highest BCUT2D eigenvalue weighted by Gasteiger charge is 2.21. The Hall–Kier alpha value is -2.89. The molecule has 0 bridgehead atoms. The van der Waals surface area contributed by atoms with Crippen LogP contribution in [0.5, 0.6) is 5.75 Å². The van der Waals surface area contributed by atoms with Gasteiger partial charge in [0.05, 0.1) is 17.6 Å². The lowest BCUT2D eigenvalue weighted by atomic mass is 10.1. The van der Waals surface area contributed by atoms with Crippen LogP contribution in [0.25, 0.3) is 0 Å². The highest BCUT2D eigenvalue weighted by atomic mass is 16.6. The van der Waals surface area contributed by atoms with E-state index in [-0.39, 0.29) is 17.6 Å². The minimum absolute atomic E-state index is 0.0132. The van der Waals surface area contributed by atoms with Gasteiger partial charge in [-0.25, -0.2) is 0 Å². The number of nitrogens with zero attached hydrogens (tertiary/aromatic N) is 2. The number of carbonyl (C=O) groups is 1. The van der Waals surface area contributed by atoms with Crippen molar-refractivity contribution in [2.75, 3.05) is 13.7 Å². The van der Waals surface area contributed by atoms with E-state index in [1.54, 1.807) is 42.3 Å². The predicted octanol–water partition coefficient (Wildman–Crippen LogP) is 4.46. The number of benzene rings is 2. The zero-order valence-corrected chi connectivity index (χ0v) is 15.5. The van der Waals surface area contributed by atoms with Crippen LogP contribution >= 0.6 is 0 Å². The van der Waals surface area contributed by atoms with Crippen molar-refractivity contribution in [3.63, 3.8) is 0 Å². The van der Waals surface area contributed by atoms with Gasteiger partial charge in [-0.15, -0.1) is 0 Å². The second-order valence-electron chi connectivity index (χ2n) is 6.68. The third-order valence-corrected chi connectivity index (χ3v) is 4.13. The zero-order chi connectivity index (χ0) is 19.3. The summed E-state index contributed by atoms with van der Waals surface area (Å²) in [4.78, 5) is 24.9. The molecular formula is C20H24N2O4. The van der Waals surface area contributed by atoms with Crippen LogP contribution in [0.3, 0.4) is 0 Å². The van der Waals surface area contributed by atoms with Gasteiger partial charge in [-0.2, -0.15) is 0 Å². The van der Waals surface area contributed by atoms with E-state index in [9.17, 15) is 14.9 Å². The Morgan fingerprint density at radius 3 is 2.50 bits per heavy atom. The van der Waals surface area contributed by atoms with Gasteiger partial charge in [0, 0.05) is 24.7 Å². The van der Waals surface area contributed by atoms with Crippen molar-refractivity contribution in [1.82, 2.24) is 4.90 Å². The maximum atomic E-state index is 12.8. The molecule has 0 heterocycles. The molecule has 0 N–H and O–H groups in total. The van der Waals surface area contributed by atoms with Gasteiger partial charge in [0.25, 0.3) is 11.6 Å². The van der Waals surface area contributed by atoms with Gasteiger partial charge in [-0.05, 0) is 36.6 Å². The Morgan fingerprint density at radius 1 is 1.15 bits per heavy atom. The number of carbonyl (C=O) groups excluding carboxylic acids is 1. The molecule has 0 spiro atoms. The van der Waals surface area contributed by atoms with Crippen molar-refractivity contribution in [1.29, 1.82) is 0 Å². The molecule has 2 aromatic rings. The summed E-state index contributed by atoms with van der Waals surface area (Å²) in [6.07, 6.45) is 0. The Morgan fingerprint density at radius 2 is 1.85 bits per heavy atom. The first kappa shape index (κ1) is 19.4. The Bertz CT molecular complexity index is 789. The quantitative estimate of drug-likeness (QED) is 0.542. The highest BCUT2D eigenvalue weighted by molar-refractivity contribution is 5.94. The Kier molecular flexibility index (Phi) is 6.33. The Balaban J connectivity index is 2.17. The van der Waals surface area contributed by atoms with Gasteiger partial charge < -0.3 is 9.64 Å². The second-order valence-corrected chi connectivity index (χ2v) is 6.68. The molecule has 2 rings (SSSR count). The lowest BCUT2D eigenvalue weighted by molar-refractivity contribution is -0.384. The van der Waals surface area contributed by atoms with Gasteiger partial charge in [0.2, 0.25) is 0 Å². The first-order valence-corrected chi connectivity index (χ1v) is 8.54.